The molecule has 1 saturated heterocycles. The van der Waals surface area contributed by atoms with Crippen molar-refractivity contribution >= 4 is 0 Å². The van der Waals surface area contributed by atoms with Crippen LogP contribution in [-0.4, -0.2) is 27.4 Å². The number of aromatic amines is 1. The second-order valence-electron chi connectivity index (χ2n) is 3.92. The number of hydrogen-bond donors (Lipinski definition) is 2. The van der Waals surface area contributed by atoms with E-state index in [1.54, 1.807) is 0 Å². The number of ether oxygens (including phenoxy) is 1. The fourth-order valence-corrected chi connectivity index (χ4v) is 1.91. The van der Waals surface area contributed by atoms with E-state index >= 15 is 0 Å². The summed E-state index contributed by atoms with van der Waals surface area (Å²) < 4.78 is 6.57. The van der Waals surface area contributed by atoms with Gasteiger partial charge in [-0.2, -0.15) is 0 Å². The number of nitrogens with zero attached hydrogens (tertiary/aromatic N) is 1. The van der Waals surface area contributed by atoms with Crippen molar-refractivity contribution in [3.05, 3.63) is 45.3 Å². The molecular formula is C11H14N2O4. The number of nitrogens with one attached hydrogen (secondary N) is 1. The highest BCUT2D eigenvalue weighted by molar-refractivity contribution is 4.97. The van der Waals surface area contributed by atoms with E-state index in [0.29, 0.717) is 6.61 Å². The van der Waals surface area contributed by atoms with Gasteiger partial charge in [-0.15, -0.1) is 0 Å². The normalized spacial score (nSPS) is 28.9. The Balaban J connectivity index is 2.30. The van der Waals surface area contributed by atoms with Crippen LogP contribution in [0.2, 0.25) is 0 Å². The number of H-pyrrole nitrogens is 1. The van der Waals surface area contributed by atoms with Crippen LogP contribution in [0.25, 0.3) is 0 Å². The lowest BCUT2D eigenvalue weighted by atomic mass is 10.0. The van der Waals surface area contributed by atoms with Gasteiger partial charge in [-0.1, -0.05) is 12.2 Å². The molecule has 0 saturated carbocycles. The molecule has 0 radical (unpaired) electrons. The molecule has 6 heteroatoms. The largest absolute Gasteiger partial charge is 0.388 e. The third kappa shape index (κ3) is 2.22. The second kappa shape index (κ2) is 4.68. The van der Waals surface area contributed by atoms with Gasteiger partial charge in [0, 0.05) is 18.2 Å². The van der Waals surface area contributed by atoms with E-state index in [1.165, 1.54) is 16.8 Å². The van der Waals surface area contributed by atoms with Crippen molar-refractivity contribution in [3.63, 3.8) is 0 Å². The minimum atomic E-state index is -0.796. The molecule has 2 heterocycles. The third-order valence-electron chi connectivity index (χ3n) is 2.76. The van der Waals surface area contributed by atoms with Crippen molar-refractivity contribution in [2.24, 2.45) is 5.92 Å². The van der Waals surface area contributed by atoms with Crippen molar-refractivity contribution in [1.29, 1.82) is 0 Å². The van der Waals surface area contributed by atoms with Gasteiger partial charge in [0.1, 0.15) is 6.10 Å². The maximum Gasteiger partial charge on any atom is 0.330 e. The zero-order chi connectivity index (χ0) is 12.4. The molecule has 0 amide bonds. The molecule has 6 nitrogen and oxygen atoms in total. The van der Waals surface area contributed by atoms with Crippen LogP contribution in [0, 0.1) is 5.92 Å². The molecule has 0 bridgehead atoms. The molecule has 0 aromatic carbocycles. The summed E-state index contributed by atoms with van der Waals surface area (Å²) in [6.45, 7) is 2.20. The molecule has 1 aliphatic heterocycles. The first-order valence-corrected chi connectivity index (χ1v) is 5.37. The standard InChI is InChI=1S/C11H14N2O4/c1-2-3-7-6-17-10(9(7)15)13-5-4-8(14)12-11(13)16/h2-5,7,9-10,15H,6H2,1H3,(H,12,14,16). The van der Waals surface area contributed by atoms with Gasteiger partial charge in [0.25, 0.3) is 5.56 Å². The smallest absolute Gasteiger partial charge is 0.330 e. The lowest BCUT2D eigenvalue weighted by Crippen LogP contribution is -2.35. The minimum Gasteiger partial charge on any atom is -0.388 e. The van der Waals surface area contributed by atoms with E-state index < -0.39 is 23.6 Å². The van der Waals surface area contributed by atoms with Crippen LogP contribution < -0.4 is 11.2 Å². The van der Waals surface area contributed by atoms with Gasteiger partial charge < -0.3 is 9.84 Å². The van der Waals surface area contributed by atoms with Gasteiger partial charge in [-0.3, -0.25) is 14.3 Å². The summed E-state index contributed by atoms with van der Waals surface area (Å²) in [4.78, 5) is 24.6. The van der Waals surface area contributed by atoms with Crippen molar-refractivity contribution in [2.45, 2.75) is 19.3 Å². The maximum absolute atomic E-state index is 11.5. The summed E-state index contributed by atoms with van der Waals surface area (Å²) >= 11 is 0. The number of hydrogen-bond acceptors (Lipinski definition) is 4. The number of allylic oxidation sites excluding steroid dienone is 1. The Morgan fingerprint density at radius 1 is 1.59 bits per heavy atom. The van der Waals surface area contributed by atoms with Crippen LogP contribution >= 0.6 is 0 Å². The molecule has 1 fully saturated rings. The summed E-state index contributed by atoms with van der Waals surface area (Å²) in [5, 5.41) is 10.00. The summed E-state index contributed by atoms with van der Waals surface area (Å²) in [5.41, 5.74) is -1.05. The van der Waals surface area contributed by atoms with Crippen LogP contribution in [0.1, 0.15) is 13.2 Å². The molecule has 0 aliphatic carbocycles. The van der Waals surface area contributed by atoms with E-state index in [4.69, 9.17) is 4.74 Å². The average molecular weight is 238 g/mol. The molecule has 2 rings (SSSR count). The van der Waals surface area contributed by atoms with E-state index in [2.05, 4.69) is 4.98 Å². The summed E-state index contributed by atoms with van der Waals surface area (Å²) in [7, 11) is 0. The van der Waals surface area contributed by atoms with Crippen molar-refractivity contribution < 1.29 is 9.84 Å². The van der Waals surface area contributed by atoms with Gasteiger partial charge in [-0.25, -0.2) is 4.79 Å². The predicted octanol–water partition coefficient (Wildman–Crippen LogP) is -0.381. The van der Waals surface area contributed by atoms with Gasteiger partial charge in [-0.05, 0) is 6.92 Å². The zero-order valence-electron chi connectivity index (χ0n) is 9.37. The lowest BCUT2D eigenvalue weighted by molar-refractivity contribution is -0.0134. The molecule has 92 valence electrons. The first-order valence-electron chi connectivity index (χ1n) is 5.37. The van der Waals surface area contributed by atoms with Crippen LogP contribution in [0.5, 0.6) is 0 Å². The molecular weight excluding hydrogens is 224 g/mol. The summed E-state index contributed by atoms with van der Waals surface area (Å²) in [6, 6.07) is 1.22. The Morgan fingerprint density at radius 2 is 2.35 bits per heavy atom. The molecule has 3 unspecified atom stereocenters. The second-order valence-corrected chi connectivity index (χ2v) is 3.92. The summed E-state index contributed by atoms with van der Waals surface area (Å²) in [6.07, 6.45) is 3.44. The van der Waals surface area contributed by atoms with Crippen molar-refractivity contribution in [2.75, 3.05) is 6.61 Å². The van der Waals surface area contributed by atoms with Gasteiger partial charge in [0.2, 0.25) is 0 Å². The number of aliphatic hydroxyl groups excluding tert-OH is 1. The fraction of sp³-hybridized carbons (Fsp3) is 0.455. The Labute approximate surface area is 97.2 Å². The van der Waals surface area contributed by atoms with E-state index in [-0.39, 0.29) is 5.92 Å². The topological polar surface area (TPSA) is 84.3 Å². The molecule has 2 N–H and O–H groups in total. The molecule has 1 aromatic rings. The van der Waals surface area contributed by atoms with Crippen molar-refractivity contribution in [1.82, 2.24) is 9.55 Å². The lowest BCUT2D eigenvalue weighted by Gasteiger charge is -2.17. The van der Waals surface area contributed by atoms with E-state index in [1.807, 2.05) is 19.1 Å². The zero-order valence-corrected chi connectivity index (χ0v) is 9.37. The van der Waals surface area contributed by atoms with Crippen LogP contribution in [-0.2, 0) is 4.74 Å². The first-order chi connectivity index (χ1) is 8.13. The minimum absolute atomic E-state index is 0.135. The number of rotatable bonds is 2. The third-order valence-corrected chi connectivity index (χ3v) is 2.76. The number of aliphatic hydroxyl groups is 1. The highest BCUT2D eigenvalue weighted by Gasteiger charge is 2.35. The van der Waals surface area contributed by atoms with Crippen LogP contribution in [0.3, 0.4) is 0 Å². The van der Waals surface area contributed by atoms with Crippen LogP contribution in [0.4, 0.5) is 0 Å². The Kier molecular flexibility index (Phi) is 3.26. The number of aromatic nitrogens is 2. The molecule has 1 aliphatic rings. The van der Waals surface area contributed by atoms with Gasteiger partial charge >= 0.3 is 5.69 Å². The van der Waals surface area contributed by atoms with Crippen molar-refractivity contribution in [3.8, 4) is 0 Å². The van der Waals surface area contributed by atoms with E-state index in [0.717, 1.165) is 0 Å². The Morgan fingerprint density at radius 3 is 3.00 bits per heavy atom. The monoisotopic (exact) mass is 238 g/mol. The molecule has 0 spiro atoms. The SMILES string of the molecule is CC=CC1COC(n2ccc(=O)[nH]c2=O)C1O. The quantitative estimate of drug-likeness (QED) is 0.688. The summed E-state index contributed by atoms with van der Waals surface area (Å²) in [5.74, 6) is -0.135. The predicted molar refractivity (Wildman–Crippen MR) is 60.6 cm³/mol. The van der Waals surface area contributed by atoms with Gasteiger partial charge in [0.05, 0.1) is 6.61 Å². The highest BCUT2D eigenvalue weighted by Crippen LogP contribution is 2.28. The molecule has 1 aromatic heterocycles. The Bertz CT molecular complexity index is 531. The first kappa shape index (κ1) is 11.8. The van der Waals surface area contributed by atoms with Gasteiger partial charge in [0.15, 0.2) is 6.23 Å². The molecule has 3 atom stereocenters. The van der Waals surface area contributed by atoms with Crippen LogP contribution in [0.15, 0.2) is 34.0 Å². The fourth-order valence-electron chi connectivity index (χ4n) is 1.91. The van der Waals surface area contributed by atoms with E-state index in [9.17, 15) is 14.7 Å². The maximum atomic E-state index is 11.5. The molecule has 17 heavy (non-hydrogen) atoms. The highest BCUT2D eigenvalue weighted by atomic mass is 16.5. The Hall–Kier alpha value is -1.66. The average Bonchev–Trinajstić information content (AvgIpc) is 2.62.